The Kier molecular flexibility index (Phi) is 3.91. The Hall–Kier alpha value is -0.930. The van der Waals surface area contributed by atoms with Crippen LogP contribution >= 0.6 is 0 Å². The van der Waals surface area contributed by atoms with E-state index in [1.807, 2.05) is 13.1 Å². The van der Waals surface area contributed by atoms with E-state index < -0.39 is 0 Å². The van der Waals surface area contributed by atoms with Gasteiger partial charge in [0, 0.05) is 19.1 Å². The number of rotatable bonds is 3. The van der Waals surface area contributed by atoms with E-state index >= 15 is 0 Å². The van der Waals surface area contributed by atoms with Crippen molar-refractivity contribution in [1.29, 1.82) is 0 Å². The van der Waals surface area contributed by atoms with Crippen LogP contribution in [0.3, 0.4) is 0 Å². The summed E-state index contributed by atoms with van der Waals surface area (Å²) in [6.07, 6.45) is 2.47. The van der Waals surface area contributed by atoms with Gasteiger partial charge < -0.3 is 5.32 Å². The molecular formula is C13H19FN2. The molecule has 16 heavy (non-hydrogen) atoms. The van der Waals surface area contributed by atoms with Crippen LogP contribution in [-0.2, 0) is 6.54 Å². The van der Waals surface area contributed by atoms with Crippen molar-refractivity contribution in [3.05, 3.63) is 35.6 Å². The SMILES string of the molecule is CNC1CCCN(Cc2cccc(F)c2)C1. The minimum atomic E-state index is -0.139. The molecule has 0 aliphatic carbocycles. The van der Waals surface area contributed by atoms with Crippen LogP contribution in [0.5, 0.6) is 0 Å². The number of hydrogen-bond donors (Lipinski definition) is 1. The minimum absolute atomic E-state index is 0.139. The Morgan fingerprint density at radius 2 is 2.38 bits per heavy atom. The third-order valence-corrected chi connectivity index (χ3v) is 3.21. The predicted molar refractivity (Wildman–Crippen MR) is 63.8 cm³/mol. The van der Waals surface area contributed by atoms with Crippen LogP contribution in [-0.4, -0.2) is 31.1 Å². The number of nitrogens with zero attached hydrogens (tertiary/aromatic N) is 1. The van der Waals surface area contributed by atoms with Gasteiger partial charge in [-0.1, -0.05) is 12.1 Å². The molecule has 1 N–H and O–H groups in total. The van der Waals surface area contributed by atoms with E-state index in [-0.39, 0.29) is 5.82 Å². The van der Waals surface area contributed by atoms with Crippen LogP contribution in [0.15, 0.2) is 24.3 Å². The first-order valence-electron chi connectivity index (χ1n) is 5.92. The van der Waals surface area contributed by atoms with Gasteiger partial charge in [-0.2, -0.15) is 0 Å². The van der Waals surface area contributed by atoms with Gasteiger partial charge in [-0.25, -0.2) is 4.39 Å². The number of halogens is 1. The second-order valence-electron chi connectivity index (χ2n) is 4.49. The van der Waals surface area contributed by atoms with Crippen LogP contribution in [0.1, 0.15) is 18.4 Å². The van der Waals surface area contributed by atoms with E-state index in [9.17, 15) is 4.39 Å². The number of nitrogens with one attached hydrogen (secondary N) is 1. The van der Waals surface area contributed by atoms with Crippen molar-refractivity contribution in [3.63, 3.8) is 0 Å². The summed E-state index contributed by atoms with van der Waals surface area (Å²) < 4.78 is 13.0. The Labute approximate surface area is 96.5 Å². The molecular weight excluding hydrogens is 203 g/mol. The van der Waals surface area contributed by atoms with Crippen molar-refractivity contribution in [2.24, 2.45) is 0 Å². The fourth-order valence-electron chi connectivity index (χ4n) is 2.33. The molecule has 0 aromatic heterocycles. The van der Waals surface area contributed by atoms with E-state index in [4.69, 9.17) is 0 Å². The van der Waals surface area contributed by atoms with Crippen LogP contribution < -0.4 is 5.32 Å². The van der Waals surface area contributed by atoms with E-state index in [0.717, 1.165) is 25.2 Å². The van der Waals surface area contributed by atoms with Gasteiger partial charge >= 0.3 is 0 Å². The Balaban J connectivity index is 1.94. The van der Waals surface area contributed by atoms with Gasteiger partial charge in [0.1, 0.15) is 5.82 Å². The second-order valence-corrected chi connectivity index (χ2v) is 4.49. The summed E-state index contributed by atoms with van der Waals surface area (Å²) in [6, 6.07) is 7.48. The molecule has 1 atom stereocenters. The lowest BCUT2D eigenvalue weighted by molar-refractivity contribution is 0.188. The van der Waals surface area contributed by atoms with Gasteiger partial charge in [0.2, 0.25) is 0 Å². The monoisotopic (exact) mass is 222 g/mol. The minimum Gasteiger partial charge on any atom is -0.316 e. The van der Waals surface area contributed by atoms with Crippen molar-refractivity contribution in [3.8, 4) is 0 Å². The Bertz CT molecular complexity index is 340. The van der Waals surface area contributed by atoms with Gasteiger partial charge in [-0.15, -0.1) is 0 Å². The highest BCUT2D eigenvalue weighted by molar-refractivity contribution is 5.16. The van der Waals surface area contributed by atoms with Crippen LogP contribution in [0, 0.1) is 5.82 Å². The van der Waals surface area contributed by atoms with Gasteiger partial charge in [-0.05, 0) is 44.1 Å². The maximum atomic E-state index is 13.0. The van der Waals surface area contributed by atoms with Crippen LogP contribution in [0.4, 0.5) is 4.39 Å². The summed E-state index contributed by atoms with van der Waals surface area (Å²) in [5.74, 6) is -0.139. The molecule has 0 radical (unpaired) electrons. The van der Waals surface area contributed by atoms with Gasteiger partial charge in [0.15, 0.2) is 0 Å². The fourth-order valence-corrected chi connectivity index (χ4v) is 2.33. The quantitative estimate of drug-likeness (QED) is 0.841. The highest BCUT2D eigenvalue weighted by Crippen LogP contribution is 2.14. The Morgan fingerprint density at radius 3 is 3.12 bits per heavy atom. The van der Waals surface area contributed by atoms with E-state index in [1.54, 1.807) is 12.1 Å². The molecule has 3 heteroatoms. The lowest BCUT2D eigenvalue weighted by Crippen LogP contribution is -2.43. The molecule has 0 spiro atoms. The highest BCUT2D eigenvalue weighted by Gasteiger charge is 2.18. The van der Waals surface area contributed by atoms with E-state index in [1.165, 1.54) is 18.9 Å². The molecule has 1 heterocycles. The van der Waals surface area contributed by atoms with Gasteiger partial charge in [0.25, 0.3) is 0 Å². The van der Waals surface area contributed by atoms with Crippen molar-refractivity contribution >= 4 is 0 Å². The summed E-state index contributed by atoms with van der Waals surface area (Å²) in [5.41, 5.74) is 1.07. The first-order valence-corrected chi connectivity index (χ1v) is 5.92. The summed E-state index contributed by atoms with van der Waals surface area (Å²) in [7, 11) is 2.01. The molecule has 0 saturated carbocycles. The maximum absolute atomic E-state index is 13.0. The smallest absolute Gasteiger partial charge is 0.123 e. The lowest BCUT2D eigenvalue weighted by atomic mass is 10.1. The zero-order valence-electron chi connectivity index (χ0n) is 9.75. The molecule has 1 saturated heterocycles. The van der Waals surface area contributed by atoms with E-state index in [0.29, 0.717) is 6.04 Å². The maximum Gasteiger partial charge on any atom is 0.123 e. The average Bonchev–Trinajstić information content (AvgIpc) is 2.29. The first kappa shape index (κ1) is 11.6. The molecule has 0 bridgehead atoms. The van der Waals surface area contributed by atoms with E-state index in [2.05, 4.69) is 10.2 Å². The normalized spacial score (nSPS) is 22.2. The van der Waals surface area contributed by atoms with Crippen molar-refractivity contribution < 1.29 is 4.39 Å². The summed E-state index contributed by atoms with van der Waals surface area (Å²) >= 11 is 0. The second kappa shape index (κ2) is 5.41. The fraction of sp³-hybridized carbons (Fsp3) is 0.538. The summed E-state index contributed by atoms with van der Waals surface area (Å²) in [5, 5.41) is 3.32. The average molecular weight is 222 g/mol. The molecule has 2 rings (SSSR count). The zero-order chi connectivity index (χ0) is 11.4. The lowest BCUT2D eigenvalue weighted by Gasteiger charge is -2.32. The topological polar surface area (TPSA) is 15.3 Å². The molecule has 1 aliphatic heterocycles. The zero-order valence-corrected chi connectivity index (χ0v) is 9.75. The molecule has 1 aliphatic rings. The van der Waals surface area contributed by atoms with Crippen molar-refractivity contribution in [1.82, 2.24) is 10.2 Å². The third kappa shape index (κ3) is 3.03. The first-order chi connectivity index (χ1) is 7.78. The number of piperidine rings is 1. The Morgan fingerprint density at radius 1 is 1.50 bits per heavy atom. The number of likely N-dealkylation sites (N-methyl/N-ethyl adjacent to an activating group) is 1. The molecule has 88 valence electrons. The summed E-state index contributed by atoms with van der Waals surface area (Å²) in [6.45, 7) is 3.04. The number of likely N-dealkylation sites (tertiary alicyclic amines) is 1. The standard InChI is InChI=1S/C13H19FN2/c1-15-13-6-3-7-16(10-13)9-11-4-2-5-12(14)8-11/h2,4-5,8,13,15H,3,6-7,9-10H2,1H3. The van der Waals surface area contributed by atoms with Crippen molar-refractivity contribution in [2.45, 2.75) is 25.4 Å². The number of benzene rings is 1. The predicted octanol–water partition coefficient (Wildman–Crippen LogP) is 2.01. The third-order valence-electron chi connectivity index (χ3n) is 3.21. The number of hydrogen-bond acceptors (Lipinski definition) is 2. The van der Waals surface area contributed by atoms with Crippen molar-refractivity contribution in [2.75, 3.05) is 20.1 Å². The molecule has 0 amide bonds. The largest absolute Gasteiger partial charge is 0.316 e. The molecule has 1 fully saturated rings. The van der Waals surface area contributed by atoms with Gasteiger partial charge in [-0.3, -0.25) is 4.90 Å². The van der Waals surface area contributed by atoms with Crippen LogP contribution in [0.2, 0.25) is 0 Å². The van der Waals surface area contributed by atoms with Gasteiger partial charge in [0.05, 0.1) is 0 Å². The molecule has 1 unspecified atom stereocenters. The summed E-state index contributed by atoms with van der Waals surface area (Å²) in [4.78, 5) is 2.39. The molecule has 1 aromatic carbocycles. The highest BCUT2D eigenvalue weighted by atomic mass is 19.1. The molecule has 1 aromatic rings. The molecule has 2 nitrogen and oxygen atoms in total. The van der Waals surface area contributed by atoms with Crippen LogP contribution in [0.25, 0.3) is 0 Å².